The van der Waals surface area contributed by atoms with E-state index in [1.807, 2.05) is 33.3 Å². The molecule has 2 N–H and O–H groups in total. The highest BCUT2D eigenvalue weighted by Crippen LogP contribution is 2.43. The van der Waals surface area contributed by atoms with Gasteiger partial charge >= 0.3 is 19.8 Å². The van der Waals surface area contributed by atoms with Gasteiger partial charge in [-0.1, -0.05) is 139 Å². The second kappa shape index (κ2) is 34.2. The predicted octanol–water partition coefficient (Wildman–Crippen LogP) is 9.87. The average molecular weight is 769 g/mol. The van der Waals surface area contributed by atoms with Crippen LogP contribution in [0.3, 0.4) is 0 Å². The zero-order valence-corrected chi connectivity index (χ0v) is 34.7. The number of esters is 2. The molecule has 53 heavy (non-hydrogen) atoms. The zero-order valence-electron chi connectivity index (χ0n) is 33.8. The van der Waals surface area contributed by atoms with E-state index in [9.17, 15) is 24.2 Å². The monoisotopic (exact) mass is 769 g/mol. The Bertz CT molecular complexity index is 1110. The number of carbonyl (C=O) groups excluding carboxylic acids is 2. The Morgan fingerprint density at radius 1 is 0.679 bits per heavy atom. The summed E-state index contributed by atoms with van der Waals surface area (Å²) in [4.78, 5) is 35.2. The second-order valence-electron chi connectivity index (χ2n) is 14.5. The summed E-state index contributed by atoms with van der Waals surface area (Å²) < 4.78 is 34.0. The van der Waals surface area contributed by atoms with Gasteiger partial charge in [0.05, 0.1) is 33.9 Å². The van der Waals surface area contributed by atoms with Crippen molar-refractivity contribution in [2.45, 2.75) is 148 Å². The van der Waals surface area contributed by atoms with Gasteiger partial charge < -0.3 is 24.0 Å². The molecule has 0 aliphatic carbocycles. The van der Waals surface area contributed by atoms with E-state index < -0.39 is 38.6 Å². The normalized spacial score (nSPS) is 14.9. The fraction of sp³-hybridized carbons (Fsp3) is 0.714. The first-order valence-electron chi connectivity index (χ1n) is 20.1. The fourth-order valence-corrected chi connectivity index (χ4v) is 5.72. The molecule has 0 fully saturated rings. The number of nitrogens with zero attached hydrogens (tertiary/aromatic N) is 1. The van der Waals surface area contributed by atoms with Gasteiger partial charge in [0.15, 0.2) is 6.10 Å². The van der Waals surface area contributed by atoms with Crippen molar-refractivity contribution in [3.8, 4) is 0 Å². The van der Waals surface area contributed by atoms with Gasteiger partial charge in [0.2, 0.25) is 0 Å². The van der Waals surface area contributed by atoms with Crippen molar-refractivity contribution in [2.24, 2.45) is 0 Å². The molecule has 0 spiro atoms. The van der Waals surface area contributed by atoms with Crippen LogP contribution in [0.15, 0.2) is 60.8 Å². The number of rotatable bonds is 35. The van der Waals surface area contributed by atoms with Gasteiger partial charge in [-0.3, -0.25) is 18.6 Å². The largest absolute Gasteiger partial charge is 0.472 e. The SMILES string of the molecule is CC/C=C\C/C=C\C/C=C\C/C=C\C=C\C(O)CCCC(=O)OC(COC(=O)CCCCCCCCCCCCC)COP(=O)(O)OCC[N+](C)(C)C. The van der Waals surface area contributed by atoms with E-state index in [1.54, 1.807) is 12.2 Å². The van der Waals surface area contributed by atoms with Crippen molar-refractivity contribution in [1.29, 1.82) is 0 Å². The number of aliphatic hydroxyl groups is 1. The molecule has 0 aromatic carbocycles. The van der Waals surface area contributed by atoms with Gasteiger partial charge in [-0.05, 0) is 44.9 Å². The molecule has 3 unspecified atom stereocenters. The highest BCUT2D eigenvalue weighted by molar-refractivity contribution is 7.47. The smallest absolute Gasteiger partial charge is 0.462 e. The minimum atomic E-state index is -4.42. The summed E-state index contributed by atoms with van der Waals surface area (Å²) in [5.41, 5.74) is 0. The van der Waals surface area contributed by atoms with Crippen LogP contribution in [0.25, 0.3) is 0 Å². The lowest BCUT2D eigenvalue weighted by Gasteiger charge is -2.24. The van der Waals surface area contributed by atoms with Crippen LogP contribution in [0.1, 0.15) is 136 Å². The van der Waals surface area contributed by atoms with Gasteiger partial charge in [-0.2, -0.15) is 0 Å². The maximum atomic E-state index is 12.6. The van der Waals surface area contributed by atoms with E-state index in [1.165, 1.54) is 44.9 Å². The zero-order chi connectivity index (χ0) is 39.5. The highest BCUT2D eigenvalue weighted by Gasteiger charge is 2.27. The fourth-order valence-electron chi connectivity index (χ4n) is 4.98. The molecule has 306 valence electrons. The summed E-state index contributed by atoms with van der Waals surface area (Å²) in [5.74, 6) is -1.01. The minimum absolute atomic E-state index is 0.00523. The first kappa shape index (κ1) is 50.7. The van der Waals surface area contributed by atoms with Crippen LogP contribution >= 0.6 is 7.82 Å². The number of unbranched alkanes of at least 4 members (excludes halogenated alkanes) is 10. The Hall–Kier alpha value is -2.33. The molecule has 0 heterocycles. The number of phosphoric acid groups is 1. The third-order valence-electron chi connectivity index (χ3n) is 8.17. The molecule has 0 aromatic rings. The van der Waals surface area contributed by atoms with Crippen LogP contribution in [-0.2, 0) is 32.7 Å². The van der Waals surface area contributed by atoms with E-state index in [0.717, 1.165) is 44.9 Å². The molecule has 0 aromatic heterocycles. The number of carbonyl (C=O) groups is 2. The quantitative estimate of drug-likeness (QED) is 0.0162. The average Bonchev–Trinajstić information content (AvgIpc) is 3.09. The molecule has 0 saturated carbocycles. The van der Waals surface area contributed by atoms with Crippen LogP contribution in [0, 0.1) is 0 Å². The van der Waals surface area contributed by atoms with Crippen LogP contribution in [0.2, 0.25) is 0 Å². The molecule has 0 aliphatic rings. The van der Waals surface area contributed by atoms with Gasteiger partial charge in [-0.15, -0.1) is 0 Å². The Balaban J connectivity index is 4.64. The number of ether oxygens (including phenoxy) is 2. The number of hydrogen-bond acceptors (Lipinski definition) is 8. The summed E-state index contributed by atoms with van der Waals surface area (Å²) in [5, 5.41) is 10.3. The molecule has 0 bridgehead atoms. The molecule has 0 rings (SSSR count). The van der Waals surface area contributed by atoms with Gasteiger partial charge in [0.1, 0.15) is 19.8 Å². The first-order valence-corrected chi connectivity index (χ1v) is 21.6. The molecule has 10 nitrogen and oxygen atoms in total. The van der Waals surface area contributed by atoms with Crippen LogP contribution < -0.4 is 0 Å². The highest BCUT2D eigenvalue weighted by atomic mass is 31.2. The van der Waals surface area contributed by atoms with Crippen molar-refractivity contribution in [2.75, 3.05) is 47.5 Å². The summed E-state index contributed by atoms with van der Waals surface area (Å²) in [6.07, 6.45) is 35.9. The van der Waals surface area contributed by atoms with Crippen molar-refractivity contribution in [3.05, 3.63) is 60.8 Å². The second-order valence-corrected chi connectivity index (χ2v) is 15.9. The van der Waals surface area contributed by atoms with Gasteiger partial charge in [-0.25, -0.2) is 4.57 Å². The van der Waals surface area contributed by atoms with Gasteiger partial charge in [0, 0.05) is 12.8 Å². The standard InChI is InChI=1S/C42H74NO9P/c1-6-8-10-12-14-16-18-19-21-22-24-26-28-31-39(44)32-30-34-42(46)52-40(38-51-53(47,48)50-36-35-43(3,4)5)37-49-41(45)33-29-27-25-23-20-17-15-13-11-9-7-2/h8,10,14,16,19,21,24,26,28,31,39-40,44H,6-7,9,11-13,15,17-18,20,22-23,25,27,29-30,32-38H2,1-5H3/p+1/b10-8-,16-14-,21-19-,26-24-,31-28+. The molecule has 0 radical (unpaired) electrons. The lowest BCUT2D eigenvalue weighted by molar-refractivity contribution is -0.870. The van der Waals surface area contributed by atoms with E-state index in [2.05, 4.69) is 50.3 Å². The lowest BCUT2D eigenvalue weighted by Crippen LogP contribution is -2.37. The summed E-state index contributed by atoms with van der Waals surface area (Å²) in [7, 11) is 1.35. The number of hydrogen-bond donors (Lipinski definition) is 2. The van der Waals surface area contributed by atoms with Crippen LogP contribution in [-0.4, -0.2) is 86.1 Å². The maximum Gasteiger partial charge on any atom is 0.472 e. The van der Waals surface area contributed by atoms with Crippen LogP contribution in [0.5, 0.6) is 0 Å². The number of phosphoric ester groups is 1. The third kappa shape index (κ3) is 37.8. The number of allylic oxidation sites excluding steroid dienone is 9. The van der Waals surface area contributed by atoms with E-state index in [0.29, 0.717) is 30.3 Å². The topological polar surface area (TPSA) is 129 Å². The van der Waals surface area contributed by atoms with Crippen molar-refractivity contribution < 1.29 is 47.2 Å². The predicted molar refractivity (Wildman–Crippen MR) is 216 cm³/mol. The molecule has 0 aliphatic heterocycles. The molecule has 0 saturated heterocycles. The Labute approximate surface area is 322 Å². The van der Waals surface area contributed by atoms with Crippen LogP contribution in [0.4, 0.5) is 0 Å². The van der Waals surface area contributed by atoms with E-state index in [4.69, 9.17) is 18.5 Å². The molecule has 3 atom stereocenters. The molecular formula is C42H75NO9P+. The lowest BCUT2D eigenvalue weighted by atomic mass is 10.1. The Kier molecular flexibility index (Phi) is 32.7. The summed E-state index contributed by atoms with van der Waals surface area (Å²) in [6, 6.07) is 0. The summed E-state index contributed by atoms with van der Waals surface area (Å²) >= 11 is 0. The first-order chi connectivity index (χ1) is 25.4. The maximum absolute atomic E-state index is 12.6. The van der Waals surface area contributed by atoms with Crippen molar-refractivity contribution >= 4 is 19.8 Å². The van der Waals surface area contributed by atoms with Crippen molar-refractivity contribution in [3.63, 3.8) is 0 Å². The number of quaternary nitrogens is 1. The molecule has 0 amide bonds. The Morgan fingerprint density at radius 2 is 1.23 bits per heavy atom. The minimum Gasteiger partial charge on any atom is -0.462 e. The van der Waals surface area contributed by atoms with Gasteiger partial charge in [0.25, 0.3) is 0 Å². The number of aliphatic hydroxyl groups excluding tert-OH is 1. The van der Waals surface area contributed by atoms with E-state index >= 15 is 0 Å². The van der Waals surface area contributed by atoms with Crippen molar-refractivity contribution in [1.82, 2.24) is 0 Å². The molecular weight excluding hydrogens is 693 g/mol. The third-order valence-corrected chi connectivity index (χ3v) is 9.15. The Morgan fingerprint density at radius 3 is 1.81 bits per heavy atom. The summed E-state index contributed by atoms with van der Waals surface area (Å²) in [6.45, 7) is 4.04. The number of likely N-dealkylation sites (N-methyl/N-ethyl adjacent to an activating group) is 1. The molecule has 11 heteroatoms. The van der Waals surface area contributed by atoms with E-state index in [-0.39, 0.29) is 26.1 Å².